The van der Waals surface area contributed by atoms with Gasteiger partial charge in [-0.15, -0.1) is 0 Å². The molecule has 1 unspecified atom stereocenters. The molecule has 0 aromatic heterocycles. The van der Waals surface area contributed by atoms with E-state index in [-0.39, 0.29) is 6.04 Å². The van der Waals surface area contributed by atoms with Crippen molar-refractivity contribution in [3.63, 3.8) is 0 Å². The number of hydrogen-bond donors (Lipinski definition) is 2. The summed E-state index contributed by atoms with van der Waals surface area (Å²) >= 11 is 0. The van der Waals surface area contributed by atoms with Gasteiger partial charge in [0.25, 0.3) is 0 Å². The van der Waals surface area contributed by atoms with E-state index in [1.807, 2.05) is 42.5 Å². The second kappa shape index (κ2) is 5.41. The smallest absolute Gasteiger partial charge is 0.0485 e. The molecule has 0 fully saturated rings. The molecule has 0 amide bonds. The third-order valence-electron chi connectivity index (χ3n) is 2.97. The van der Waals surface area contributed by atoms with Crippen LogP contribution >= 0.6 is 0 Å². The van der Waals surface area contributed by atoms with E-state index in [0.717, 1.165) is 16.9 Å². The van der Waals surface area contributed by atoms with Crippen LogP contribution in [0.25, 0.3) is 6.08 Å². The van der Waals surface area contributed by atoms with Crippen LogP contribution in [0.4, 0.5) is 11.4 Å². The number of nitrogens with two attached hydrogens (primary N) is 1. The molecule has 0 saturated heterocycles. The summed E-state index contributed by atoms with van der Waals surface area (Å²) in [5.41, 5.74) is 9.92. The summed E-state index contributed by atoms with van der Waals surface area (Å²) in [6, 6.07) is 16.4. The van der Waals surface area contributed by atoms with Crippen LogP contribution in [0.15, 0.2) is 55.1 Å². The Kier molecular flexibility index (Phi) is 3.68. The van der Waals surface area contributed by atoms with E-state index in [4.69, 9.17) is 5.73 Å². The summed E-state index contributed by atoms with van der Waals surface area (Å²) < 4.78 is 0. The number of anilines is 2. The first-order chi connectivity index (χ1) is 8.69. The van der Waals surface area contributed by atoms with Crippen LogP contribution in [0.5, 0.6) is 0 Å². The Hall–Kier alpha value is -2.22. The van der Waals surface area contributed by atoms with E-state index in [2.05, 4.69) is 31.0 Å². The van der Waals surface area contributed by atoms with Gasteiger partial charge in [-0.1, -0.05) is 36.9 Å². The van der Waals surface area contributed by atoms with Crippen molar-refractivity contribution in [2.45, 2.75) is 13.0 Å². The molecule has 2 heteroatoms. The number of hydrogen-bond acceptors (Lipinski definition) is 2. The Morgan fingerprint density at radius 1 is 1.06 bits per heavy atom. The monoisotopic (exact) mass is 238 g/mol. The van der Waals surface area contributed by atoms with Crippen molar-refractivity contribution in [1.82, 2.24) is 0 Å². The summed E-state index contributed by atoms with van der Waals surface area (Å²) in [6.45, 7) is 5.88. The molecule has 0 aliphatic heterocycles. The highest BCUT2D eigenvalue weighted by Crippen LogP contribution is 2.20. The first-order valence-electron chi connectivity index (χ1n) is 6.03. The zero-order chi connectivity index (χ0) is 13.0. The number of nitrogen functional groups attached to an aromatic ring is 1. The van der Waals surface area contributed by atoms with E-state index >= 15 is 0 Å². The molecule has 2 aromatic rings. The lowest BCUT2D eigenvalue weighted by Crippen LogP contribution is -2.06. The highest BCUT2D eigenvalue weighted by atomic mass is 14.9. The predicted octanol–water partition coefficient (Wildman–Crippen LogP) is 4.08. The van der Waals surface area contributed by atoms with Crippen molar-refractivity contribution in [3.05, 3.63) is 66.2 Å². The molecule has 0 radical (unpaired) electrons. The van der Waals surface area contributed by atoms with E-state index in [1.165, 1.54) is 5.56 Å². The molecule has 18 heavy (non-hydrogen) atoms. The van der Waals surface area contributed by atoms with E-state index in [0.29, 0.717) is 0 Å². The number of rotatable bonds is 4. The lowest BCUT2D eigenvalue weighted by atomic mass is 10.1. The van der Waals surface area contributed by atoms with Crippen LogP contribution in [-0.2, 0) is 0 Å². The Morgan fingerprint density at radius 2 is 1.67 bits per heavy atom. The Bertz CT molecular complexity index is 512. The summed E-state index contributed by atoms with van der Waals surface area (Å²) in [5.74, 6) is 0. The maximum Gasteiger partial charge on any atom is 0.0485 e. The Balaban J connectivity index is 2.08. The molecule has 3 N–H and O–H groups in total. The third kappa shape index (κ3) is 2.92. The summed E-state index contributed by atoms with van der Waals surface area (Å²) in [5, 5.41) is 3.45. The fourth-order valence-electron chi connectivity index (χ4n) is 1.83. The van der Waals surface area contributed by atoms with Gasteiger partial charge in [0.15, 0.2) is 0 Å². The van der Waals surface area contributed by atoms with E-state index in [1.54, 1.807) is 0 Å². The zero-order valence-electron chi connectivity index (χ0n) is 10.6. The van der Waals surface area contributed by atoms with Crippen molar-refractivity contribution in [3.8, 4) is 0 Å². The zero-order valence-corrected chi connectivity index (χ0v) is 10.6. The molecular formula is C16H18N2. The number of nitrogens with one attached hydrogen (secondary N) is 1. The first kappa shape index (κ1) is 12.2. The van der Waals surface area contributed by atoms with Crippen molar-refractivity contribution in [2.24, 2.45) is 0 Å². The topological polar surface area (TPSA) is 38.0 Å². The Labute approximate surface area is 108 Å². The highest BCUT2D eigenvalue weighted by molar-refractivity contribution is 5.54. The molecule has 2 nitrogen and oxygen atoms in total. The molecule has 0 aliphatic carbocycles. The lowest BCUT2D eigenvalue weighted by molar-refractivity contribution is 0.885. The van der Waals surface area contributed by atoms with Crippen LogP contribution in [-0.4, -0.2) is 0 Å². The van der Waals surface area contributed by atoms with Gasteiger partial charge in [0, 0.05) is 17.4 Å². The van der Waals surface area contributed by atoms with Gasteiger partial charge in [0.05, 0.1) is 0 Å². The summed E-state index contributed by atoms with van der Waals surface area (Å²) in [4.78, 5) is 0. The highest BCUT2D eigenvalue weighted by Gasteiger charge is 2.04. The first-order valence-corrected chi connectivity index (χ1v) is 6.03. The molecule has 92 valence electrons. The fourth-order valence-corrected chi connectivity index (χ4v) is 1.83. The quantitative estimate of drug-likeness (QED) is 0.787. The molecule has 0 saturated carbocycles. The largest absolute Gasteiger partial charge is 0.399 e. The third-order valence-corrected chi connectivity index (χ3v) is 2.97. The minimum atomic E-state index is 0.250. The van der Waals surface area contributed by atoms with Gasteiger partial charge in [0.1, 0.15) is 0 Å². The van der Waals surface area contributed by atoms with Gasteiger partial charge in [-0.3, -0.25) is 0 Å². The van der Waals surface area contributed by atoms with Crippen LogP contribution in [0.2, 0.25) is 0 Å². The van der Waals surface area contributed by atoms with Crippen molar-refractivity contribution in [2.75, 3.05) is 11.1 Å². The molecule has 0 heterocycles. The second-order valence-electron chi connectivity index (χ2n) is 4.36. The van der Waals surface area contributed by atoms with Gasteiger partial charge in [-0.25, -0.2) is 0 Å². The SMILES string of the molecule is C=Cc1ccc(NC(C)c2ccc(N)cc2)cc1. The normalized spacial score (nSPS) is 11.8. The van der Waals surface area contributed by atoms with Gasteiger partial charge in [0.2, 0.25) is 0 Å². The maximum atomic E-state index is 5.68. The standard InChI is InChI=1S/C16H18N2/c1-3-13-4-10-16(11-5-13)18-12(2)14-6-8-15(17)9-7-14/h3-12,18H,1,17H2,2H3. The van der Waals surface area contributed by atoms with Crippen LogP contribution in [0.1, 0.15) is 24.1 Å². The van der Waals surface area contributed by atoms with Crippen molar-refractivity contribution in [1.29, 1.82) is 0 Å². The molecular weight excluding hydrogens is 220 g/mol. The Morgan fingerprint density at radius 3 is 2.22 bits per heavy atom. The second-order valence-corrected chi connectivity index (χ2v) is 4.36. The average Bonchev–Trinajstić information content (AvgIpc) is 2.40. The van der Waals surface area contributed by atoms with Crippen molar-refractivity contribution >= 4 is 17.5 Å². The van der Waals surface area contributed by atoms with Gasteiger partial charge >= 0.3 is 0 Å². The fraction of sp³-hybridized carbons (Fsp3) is 0.125. The van der Waals surface area contributed by atoms with Gasteiger partial charge in [-0.2, -0.15) is 0 Å². The molecule has 2 aromatic carbocycles. The van der Waals surface area contributed by atoms with Crippen LogP contribution in [0, 0.1) is 0 Å². The van der Waals surface area contributed by atoms with Crippen LogP contribution in [0.3, 0.4) is 0 Å². The molecule has 0 bridgehead atoms. The summed E-state index contributed by atoms with van der Waals surface area (Å²) in [7, 11) is 0. The minimum absolute atomic E-state index is 0.250. The average molecular weight is 238 g/mol. The van der Waals surface area contributed by atoms with Gasteiger partial charge in [-0.05, 0) is 42.3 Å². The molecule has 0 spiro atoms. The summed E-state index contributed by atoms with van der Waals surface area (Å²) in [6.07, 6.45) is 1.84. The molecule has 1 atom stereocenters. The molecule has 2 rings (SSSR count). The van der Waals surface area contributed by atoms with Gasteiger partial charge < -0.3 is 11.1 Å². The maximum absolute atomic E-state index is 5.68. The molecule has 0 aliphatic rings. The van der Waals surface area contributed by atoms with E-state index < -0.39 is 0 Å². The van der Waals surface area contributed by atoms with Crippen molar-refractivity contribution < 1.29 is 0 Å². The van der Waals surface area contributed by atoms with E-state index in [9.17, 15) is 0 Å². The lowest BCUT2D eigenvalue weighted by Gasteiger charge is -2.16. The predicted molar refractivity (Wildman–Crippen MR) is 79.4 cm³/mol. The van der Waals surface area contributed by atoms with Crippen LogP contribution < -0.4 is 11.1 Å². The number of benzene rings is 2. The minimum Gasteiger partial charge on any atom is -0.399 e.